The van der Waals surface area contributed by atoms with Crippen LogP contribution in [0.2, 0.25) is 0 Å². The predicted octanol–water partition coefficient (Wildman–Crippen LogP) is -1.23. The lowest BCUT2D eigenvalue weighted by Gasteiger charge is -2.40. The van der Waals surface area contributed by atoms with E-state index in [1.54, 1.807) is 24.3 Å². The second-order valence-electron chi connectivity index (χ2n) is 6.74. The molecule has 12 heteroatoms. The number of rotatable bonds is 8. The first kappa shape index (κ1) is 23.9. The van der Waals surface area contributed by atoms with Gasteiger partial charge in [-0.05, 0) is 18.2 Å². The Bertz CT molecular complexity index is 845. The summed E-state index contributed by atoms with van der Waals surface area (Å²) in [6.45, 7) is 0.337. The van der Waals surface area contributed by atoms with E-state index >= 15 is 0 Å². The van der Waals surface area contributed by atoms with E-state index in [4.69, 9.17) is 14.6 Å². The van der Waals surface area contributed by atoms with Crippen molar-refractivity contribution in [3.63, 3.8) is 0 Å². The normalized spacial score (nSPS) is 22.2. The van der Waals surface area contributed by atoms with E-state index in [2.05, 4.69) is 16.0 Å². The molecule has 7 N–H and O–H groups in total. The Kier molecular flexibility index (Phi) is 8.19. The standard InChI is InChI=1S/C19H25N3O9/c1-9(24)20-15-12(22-19(29)21-10-4-3-5-11(6-10)30-2)7-14(18(27)28)31-17(15)16(26)13(25)8-23/h3-7,12-13,15-17,23,25-26H,8H2,1-2H3,(H,20,24)(H,27,28)(H2,21,22,29)/t12-,13+,15+,16+,17+/m0/s1. The molecule has 2 rings (SSSR count). The molecule has 0 saturated heterocycles. The van der Waals surface area contributed by atoms with Crippen LogP contribution in [-0.2, 0) is 14.3 Å². The Hall–Kier alpha value is -3.35. The van der Waals surface area contributed by atoms with E-state index in [0.717, 1.165) is 6.08 Å². The SMILES string of the molecule is COc1cccc(NC(=O)N[C@H]2C=C(C(=O)O)O[C@@H]([C@H](O)[C@H](O)CO)[C@@H]2NC(C)=O)c1. The zero-order valence-corrected chi connectivity index (χ0v) is 16.8. The van der Waals surface area contributed by atoms with Gasteiger partial charge in [-0.15, -0.1) is 0 Å². The largest absolute Gasteiger partial charge is 0.497 e. The third-order valence-corrected chi connectivity index (χ3v) is 4.46. The van der Waals surface area contributed by atoms with Gasteiger partial charge in [0.15, 0.2) is 0 Å². The zero-order chi connectivity index (χ0) is 23.1. The number of aliphatic hydroxyl groups is 3. The Labute approximate surface area is 177 Å². The van der Waals surface area contributed by atoms with E-state index < -0.39 is 60.7 Å². The minimum absolute atomic E-state index is 0.384. The summed E-state index contributed by atoms with van der Waals surface area (Å²) in [4.78, 5) is 35.7. The van der Waals surface area contributed by atoms with Gasteiger partial charge in [-0.2, -0.15) is 0 Å². The topological polar surface area (TPSA) is 187 Å². The summed E-state index contributed by atoms with van der Waals surface area (Å²) in [5.41, 5.74) is 0.384. The third kappa shape index (κ3) is 6.31. The first-order valence-electron chi connectivity index (χ1n) is 9.23. The van der Waals surface area contributed by atoms with Gasteiger partial charge in [0.2, 0.25) is 11.7 Å². The Morgan fingerprint density at radius 2 is 1.94 bits per heavy atom. The van der Waals surface area contributed by atoms with Crippen LogP contribution in [0.3, 0.4) is 0 Å². The molecular formula is C19H25N3O9. The van der Waals surface area contributed by atoms with Crippen LogP contribution in [0, 0.1) is 0 Å². The van der Waals surface area contributed by atoms with Crippen molar-refractivity contribution in [2.24, 2.45) is 0 Å². The van der Waals surface area contributed by atoms with Crippen molar-refractivity contribution in [3.8, 4) is 5.75 Å². The van der Waals surface area contributed by atoms with Crippen LogP contribution in [0.5, 0.6) is 5.75 Å². The molecule has 0 spiro atoms. The number of methoxy groups -OCH3 is 1. The number of aliphatic carboxylic acids is 1. The average molecular weight is 439 g/mol. The van der Waals surface area contributed by atoms with E-state index in [9.17, 15) is 29.7 Å². The molecule has 0 unspecified atom stereocenters. The lowest BCUT2D eigenvalue weighted by molar-refractivity contribution is -0.146. The lowest BCUT2D eigenvalue weighted by atomic mass is 9.92. The number of carbonyl (C=O) groups excluding carboxylic acids is 2. The molecule has 3 amide bonds. The van der Waals surface area contributed by atoms with E-state index in [-0.39, 0.29) is 0 Å². The van der Waals surface area contributed by atoms with E-state index in [0.29, 0.717) is 11.4 Å². The molecule has 170 valence electrons. The number of nitrogens with one attached hydrogen (secondary N) is 3. The molecular weight excluding hydrogens is 414 g/mol. The number of carboxylic acid groups (broad SMARTS) is 1. The minimum atomic E-state index is -1.77. The summed E-state index contributed by atoms with van der Waals surface area (Å²) in [5.74, 6) is -2.16. The van der Waals surface area contributed by atoms with Crippen LogP contribution in [-0.4, -0.2) is 82.4 Å². The van der Waals surface area contributed by atoms with Crippen molar-refractivity contribution in [2.45, 2.75) is 37.3 Å². The van der Waals surface area contributed by atoms with Crippen molar-refractivity contribution in [3.05, 3.63) is 36.1 Å². The number of hydrogen-bond acceptors (Lipinski definition) is 8. The van der Waals surface area contributed by atoms with Crippen molar-refractivity contribution < 1.29 is 44.3 Å². The molecule has 12 nitrogen and oxygen atoms in total. The number of aliphatic hydroxyl groups excluding tert-OH is 3. The molecule has 0 fully saturated rings. The molecule has 1 aromatic carbocycles. The monoisotopic (exact) mass is 439 g/mol. The number of ether oxygens (including phenoxy) is 2. The van der Waals surface area contributed by atoms with Gasteiger partial charge in [0, 0.05) is 18.7 Å². The number of benzene rings is 1. The second kappa shape index (κ2) is 10.6. The molecule has 0 aliphatic carbocycles. The summed E-state index contributed by atoms with van der Waals surface area (Å²) in [7, 11) is 1.46. The first-order chi connectivity index (χ1) is 14.7. The molecule has 0 bridgehead atoms. The molecule has 1 aliphatic rings. The maximum Gasteiger partial charge on any atom is 0.370 e. The van der Waals surface area contributed by atoms with Gasteiger partial charge < -0.3 is 45.9 Å². The van der Waals surface area contributed by atoms with Crippen LogP contribution < -0.4 is 20.7 Å². The number of urea groups is 1. The maximum atomic E-state index is 12.5. The van der Waals surface area contributed by atoms with Crippen LogP contribution in [0.15, 0.2) is 36.1 Å². The van der Waals surface area contributed by atoms with Gasteiger partial charge in [0.05, 0.1) is 25.8 Å². The number of carbonyl (C=O) groups is 3. The number of hydrogen-bond donors (Lipinski definition) is 7. The second-order valence-corrected chi connectivity index (χ2v) is 6.74. The number of amides is 3. The molecule has 0 radical (unpaired) electrons. The molecule has 0 aromatic heterocycles. The van der Waals surface area contributed by atoms with Gasteiger partial charge in [-0.1, -0.05) is 6.07 Å². The summed E-state index contributed by atoms with van der Waals surface area (Å²) in [6, 6.07) is 3.43. The predicted molar refractivity (Wildman–Crippen MR) is 106 cm³/mol. The Balaban J connectivity index is 2.30. The summed E-state index contributed by atoms with van der Waals surface area (Å²) in [6.07, 6.45) is -3.87. The summed E-state index contributed by atoms with van der Waals surface area (Å²) < 4.78 is 10.3. The summed E-state index contributed by atoms with van der Waals surface area (Å²) >= 11 is 0. The zero-order valence-electron chi connectivity index (χ0n) is 16.8. The van der Waals surface area contributed by atoms with Crippen molar-refractivity contribution >= 4 is 23.6 Å². The first-order valence-corrected chi connectivity index (χ1v) is 9.23. The highest BCUT2D eigenvalue weighted by atomic mass is 16.5. The lowest BCUT2D eigenvalue weighted by Crippen LogP contribution is -2.63. The average Bonchev–Trinajstić information content (AvgIpc) is 2.73. The van der Waals surface area contributed by atoms with Gasteiger partial charge >= 0.3 is 12.0 Å². The van der Waals surface area contributed by atoms with Crippen LogP contribution in [0.25, 0.3) is 0 Å². The molecule has 5 atom stereocenters. The highest BCUT2D eigenvalue weighted by molar-refractivity contribution is 5.90. The molecule has 1 aromatic rings. The fourth-order valence-corrected chi connectivity index (χ4v) is 3.02. The van der Waals surface area contributed by atoms with Gasteiger partial charge in [0.25, 0.3) is 0 Å². The smallest absolute Gasteiger partial charge is 0.370 e. The highest BCUT2D eigenvalue weighted by Gasteiger charge is 2.44. The van der Waals surface area contributed by atoms with E-state index in [1.807, 2.05) is 0 Å². The fraction of sp³-hybridized carbons (Fsp3) is 0.421. The van der Waals surface area contributed by atoms with Crippen LogP contribution in [0.1, 0.15) is 6.92 Å². The fourth-order valence-electron chi connectivity index (χ4n) is 3.02. The quantitative estimate of drug-likeness (QED) is 0.260. The maximum absolute atomic E-state index is 12.5. The molecule has 31 heavy (non-hydrogen) atoms. The molecule has 1 aliphatic heterocycles. The van der Waals surface area contributed by atoms with Crippen molar-refractivity contribution in [2.75, 3.05) is 19.0 Å². The van der Waals surface area contributed by atoms with Crippen molar-refractivity contribution in [1.82, 2.24) is 10.6 Å². The van der Waals surface area contributed by atoms with E-state index in [1.165, 1.54) is 14.0 Å². The van der Waals surface area contributed by atoms with Crippen molar-refractivity contribution in [1.29, 1.82) is 0 Å². The number of carboxylic acids is 1. The summed E-state index contributed by atoms with van der Waals surface area (Å²) in [5, 5.41) is 46.1. The third-order valence-electron chi connectivity index (χ3n) is 4.46. The highest BCUT2D eigenvalue weighted by Crippen LogP contribution is 2.23. The van der Waals surface area contributed by atoms with Gasteiger partial charge in [-0.25, -0.2) is 9.59 Å². The van der Waals surface area contributed by atoms with Gasteiger partial charge in [0.1, 0.15) is 24.1 Å². The number of anilines is 1. The minimum Gasteiger partial charge on any atom is -0.497 e. The van der Waals surface area contributed by atoms with Crippen LogP contribution in [0.4, 0.5) is 10.5 Å². The van der Waals surface area contributed by atoms with Crippen LogP contribution >= 0.6 is 0 Å². The molecule has 0 saturated carbocycles. The molecule has 1 heterocycles. The Morgan fingerprint density at radius 1 is 1.23 bits per heavy atom. The Morgan fingerprint density at radius 3 is 2.52 bits per heavy atom. The van der Waals surface area contributed by atoms with Gasteiger partial charge in [-0.3, -0.25) is 4.79 Å².